The fourth-order valence-corrected chi connectivity index (χ4v) is 2.11. The molecule has 0 unspecified atom stereocenters. The molecule has 1 aliphatic heterocycles. The number of ether oxygens (including phenoxy) is 2. The molecule has 0 saturated heterocycles. The highest BCUT2D eigenvalue weighted by Crippen LogP contribution is 2.33. The molecule has 0 spiro atoms. The molecule has 4 heteroatoms. The predicted octanol–water partition coefficient (Wildman–Crippen LogP) is 2.68. The molecule has 0 N–H and O–H groups in total. The first kappa shape index (κ1) is 12.7. The molecular formula is C14H19NO3. The van der Waals surface area contributed by atoms with Crippen molar-refractivity contribution in [1.29, 1.82) is 0 Å². The summed E-state index contributed by atoms with van der Waals surface area (Å²) in [5.41, 5.74) is 0.443. The van der Waals surface area contributed by atoms with Crippen LogP contribution in [0, 0.1) is 0 Å². The van der Waals surface area contributed by atoms with E-state index < -0.39 is 0 Å². The van der Waals surface area contributed by atoms with E-state index in [1.54, 1.807) is 18.2 Å². The topological polar surface area (TPSA) is 38.8 Å². The van der Waals surface area contributed by atoms with Gasteiger partial charge in [-0.1, -0.05) is 0 Å². The maximum atomic E-state index is 12.5. The normalized spacial score (nSPS) is 13.6. The van der Waals surface area contributed by atoms with Crippen molar-refractivity contribution in [2.24, 2.45) is 0 Å². The summed E-state index contributed by atoms with van der Waals surface area (Å²) in [6.07, 6.45) is 0. The Morgan fingerprint density at radius 3 is 2.56 bits per heavy atom. The molecule has 0 atom stereocenters. The smallest absolute Gasteiger partial charge is 0.254 e. The molecule has 1 aliphatic rings. The minimum absolute atomic E-state index is 0.0169. The lowest BCUT2D eigenvalue weighted by molar-refractivity contribution is 0.0598. The molecule has 18 heavy (non-hydrogen) atoms. The van der Waals surface area contributed by atoms with Gasteiger partial charge in [-0.2, -0.15) is 0 Å². The maximum absolute atomic E-state index is 12.5. The first-order valence-corrected chi connectivity index (χ1v) is 6.15. The zero-order chi connectivity index (χ0) is 13.3. The highest BCUT2D eigenvalue weighted by atomic mass is 16.7. The van der Waals surface area contributed by atoms with Crippen molar-refractivity contribution in [1.82, 2.24) is 4.90 Å². The summed E-state index contributed by atoms with van der Waals surface area (Å²) in [6, 6.07) is 5.31. The van der Waals surface area contributed by atoms with E-state index in [0.717, 1.165) is 0 Å². The molecule has 0 saturated carbocycles. The van der Waals surface area contributed by atoms with Crippen molar-refractivity contribution >= 4 is 5.91 Å². The van der Waals surface area contributed by atoms with Gasteiger partial charge in [0.05, 0.1) is 0 Å². The fourth-order valence-electron chi connectivity index (χ4n) is 2.11. The van der Waals surface area contributed by atoms with Crippen LogP contribution < -0.4 is 9.47 Å². The first-order chi connectivity index (χ1) is 8.43. The van der Waals surface area contributed by atoms with Crippen molar-refractivity contribution in [3.8, 4) is 11.5 Å². The van der Waals surface area contributed by atoms with Crippen LogP contribution in [0.25, 0.3) is 0 Å². The Kier molecular flexibility index (Phi) is 3.20. The van der Waals surface area contributed by atoms with Crippen LogP contribution in [-0.4, -0.2) is 29.7 Å². The van der Waals surface area contributed by atoms with Crippen LogP contribution in [0.5, 0.6) is 11.5 Å². The van der Waals surface area contributed by atoms with Gasteiger partial charge in [0.15, 0.2) is 11.5 Å². The monoisotopic (exact) mass is 249 g/mol. The molecule has 0 aromatic heterocycles. The SMILES string of the molecule is CCN(C(=O)c1ccc2c(c1)OCO2)C(C)(C)C. The summed E-state index contributed by atoms with van der Waals surface area (Å²) < 4.78 is 10.5. The van der Waals surface area contributed by atoms with Gasteiger partial charge in [0, 0.05) is 17.6 Å². The highest BCUT2D eigenvalue weighted by molar-refractivity contribution is 5.95. The van der Waals surface area contributed by atoms with Crippen LogP contribution in [0.1, 0.15) is 38.1 Å². The minimum Gasteiger partial charge on any atom is -0.454 e. The predicted molar refractivity (Wildman–Crippen MR) is 69.0 cm³/mol. The van der Waals surface area contributed by atoms with Crippen LogP contribution in [0.4, 0.5) is 0 Å². The molecule has 0 radical (unpaired) electrons. The van der Waals surface area contributed by atoms with Crippen molar-refractivity contribution in [3.05, 3.63) is 23.8 Å². The molecule has 2 rings (SSSR count). The number of nitrogens with zero attached hydrogens (tertiary/aromatic N) is 1. The lowest BCUT2D eigenvalue weighted by Gasteiger charge is -2.34. The van der Waals surface area contributed by atoms with E-state index in [1.807, 2.05) is 32.6 Å². The second-order valence-corrected chi connectivity index (χ2v) is 5.29. The van der Waals surface area contributed by atoms with Gasteiger partial charge in [0.25, 0.3) is 5.91 Å². The lowest BCUT2D eigenvalue weighted by atomic mass is 10.0. The molecule has 0 bridgehead atoms. The van der Waals surface area contributed by atoms with E-state index in [0.29, 0.717) is 23.6 Å². The Morgan fingerprint density at radius 2 is 1.94 bits per heavy atom. The van der Waals surface area contributed by atoms with Gasteiger partial charge in [0.1, 0.15) is 0 Å². The Bertz CT molecular complexity index is 463. The first-order valence-electron chi connectivity index (χ1n) is 6.15. The summed E-state index contributed by atoms with van der Waals surface area (Å²) in [7, 11) is 0. The molecule has 1 aromatic rings. The van der Waals surface area contributed by atoms with E-state index in [9.17, 15) is 4.79 Å². The Labute approximate surface area is 107 Å². The third-order valence-corrected chi connectivity index (χ3v) is 2.99. The molecule has 0 aliphatic carbocycles. The summed E-state index contributed by atoms with van der Waals surface area (Å²) in [6.45, 7) is 8.97. The Hall–Kier alpha value is -1.71. The average molecular weight is 249 g/mol. The van der Waals surface area contributed by atoms with Gasteiger partial charge >= 0.3 is 0 Å². The van der Waals surface area contributed by atoms with E-state index >= 15 is 0 Å². The standard InChI is InChI=1S/C14H19NO3/c1-5-15(14(2,3)4)13(16)10-6-7-11-12(8-10)18-9-17-11/h6-8H,5,9H2,1-4H3. The number of carbonyl (C=O) groups excluding carboxylic acids is 1. The molecular weight excluding hydrogens is 230 g/mol. The summed E-state index contributed by atoms with van der Waals surface area (Å²) in [5, 5.41) is 0. The van der Waals surface area contributed by atoms with E-state index in [1.165, 1.54) is 0 Å². The van der Waals surface area contributed by atoms with Crippen LogP contribution in [-0.2, 0) is 0 Å². The van der Waals surface area contributed by atoms with Gasteiger partial charge in [-0.3, -0.25) is 4.79 Å². The quantitative estimate of drug-likeness (QED) is 0.809. The molecule has 4 nitrogen and oxygen atoms in total. The van der Waals surface area contributed by atoms with Crippen LogP contribution in [0.3, 0.4) is 0 Å². The second kappa shape index (κ2) is 4.52. The molecule has 1 heterocycles. The number of hydrogen-bond acceptors (Lipinski definition) is 3. The summed E-state index contributed by atoms with van der Waals surface area (Å²) in [5.74, 6) is 1.36. The second-order valence-electron chi connectivity index (χ2n) is 5.29. The van der Waals surface area contributed by atoms with Crippen LogP contribution >= 0.6 is 0 Å². The molecule has 98 valence electrons. The molecule has 1 amide bonds. The zero-order valence-corrected chi connectivity index (χ0v) is 11.3. The number of amides is 1. The van der Waals surface area contributed by atoms with Gasteiger partial charge in [-0.15, -0.1) is 0 Å². The van der Waals surface area contributed by atoms with Gasteiger partial charge in [0.2, 0.25) is 6.79 Å². The van der Waals surface area contributed by atoms with Crippen LogP contribution in [0.15, 0.2) is 18.2 Å². The third kappa shape index (κ3) is 2.28. The van der Waals surface area contributed by atoms with Crippen molar-refractivity contribution in [2.75, 3.05) is 13.3 Å². The zero-order valence-electron chi connectivity index (χ0n) is 11.3. The van der Waals surface area contributed by atoms with Crippen molar-refractivity contribution < 1.29 is 14.3 Å². The van der Waals surface area contributed by atoms with E-state index in [-0.39, 0.29) is 18.2 Å². The van der Waals surface area contributed by atoms with Gasteiger partial charge < -0.3 is 14.4 Å². The number of carbonyl (C=O) groups is 1. The largest absolute Gasteiger partial charge is 0.454 e. The molecule has 0 fully saturated rings. The number of hydrogen-bond donors (Lipinski definition) is 0. The fraction of sp³-hybridized carbons (Fsp3) is 0.500. The number of rotatable bonds is 2. The average Bonchev–Trinajstić information content (AvgIpc) is 2.74. The van der Waals surface area contributed by atoms with Crippen molar-refractivity contribution in [3.63, 3.8) is 0 Å². The minimum atomic E-state index is -0.192. The van der Waals surface area contributed by atoms with E-state index in [2.05, 4.69) is 0 Å². The lowest BCUT2D eigenvalue weighted by Crippen LogP contribution is -2.45. The van der Waals surface area contributed by atoms with Crippen LogP contribution in [0.2, 0.25) is 0 Å². The summed E-state index contributed by atoms with van der Waals surface area (Å²) >= 11 is 0. The molecule has 1 aromatic carbocycles. The highest BCUT2D eigenvalue weighted by Gasteiger charge is 2.27. The summed E-state index contributed by atoms with van der Waals surface area (Å²) in [4.78, 5) is 14.3. The number of fused-ring (bicyclic) bond motifs is 1. The van der Waals surface area contributed by atoms with Crippen molar-refractivity contribution in [2.45, 2.75) is 33.2 Å². The third-order valence-electron chi connectivity index (χ3n) is 2.99. The van der Waals surface area contributed by atoms with Gasteiger partial charge in [-0.25, -0.2) is 0 Å². The Balaban J connectivity index is 2.28. The van der Waals surface area contributed by atoms with E-state index in [4.69, 9.17) is 9.47 Å². The maximum Gasteiger partial charge on any atom is 0.254 e. The van der Waals surface area contributed by atoms with Gasteiger partial charge in [-0.05, 0) is 45.9 Å². The number of benzene rings is 1. The Morgan fingerprint density at radius 1 is 1.28 bits per heavy atom.